The highest BCUT2D eigenvalue weighted by molar-refractivity contribution is 7.13. The maximum absolute atomic E-state index is 13.4. The maximum Gasteiger partial charge on any atom is 0.243 e. The zero-order valence-electron chi connectivity index (χ0n) is 17.3. The van der Waals surface area contributed by atoms with Crippen LogP contribution in [0.4, 0.5) is 5.13 Å². The SMILES string of the molecule is Cc1noc(C)c1CNC(=O)[C@H]1[C@H]2C[C@H](CN(c3nccs3)C2)[C@@H]2CCCC(=O)N21. The van der Waals surface area contributed by atoms with Crippen molar-refractivity contribution in [3.8, 4) is 0 Å². The quantitative estimate of drug-likeness (QED) is 0.802. The van der Waals surface area contributed by atoms with Crippen molar-refractivity contribution >= 4 is 28.3 Å². The smallest absolute Gasteiger partial charge is 0.243 e. The zero-order chi connectivity index (χ0) is 20.8. The number of aromatic nitrogens is 2. The highest BCUT2D eigenvalue weighted by atomic mass is 32.1. The van der Waals surface area contributed by atoms with Crippen LogP contribution < -0.4 is 10.2 Å². The number of piperidine rings is 3. The molecule has 8 nitrogen and oxygen atoms in total. The van der Waals surface area contributed by atoms with Gasteiger partial charge < -0.3 is 19.6 Å². The molecule has 2 aromatic rings. The van der Waals surface area contributed by atoms with E-state index in [1.165, 1.54) is 0 Å². The lowest BCUT2D eigenvalue weighted by atomic mass is 9.72. The van der Waals surface area contributed by atoms with E-state index in [2.05, 4.69) is 20.4 Å². The van der Waals surface area contributed by atoms with Gasteiger partial charge in [0.2, 0.25) is 11.8 Å². The normalized spacial score (nSPS) is 28.4. The van der Waals surface area contributed by atoms with E-state index in [1.54, 1.807) is 11.3 Å². The first-order chi connectivity index (χ1) is 14.5. The lowest BCUT2D eigenvalue weighted by Gasteiger charge is -2.55. The van der Waals surface area contributed by atoms with Gasteiger partial charge in [-0.15, -0.1) is 11.3 Å². The van der Waals surface area contributed by atoms with Crippen molar-refractivity contribution in [1.82, 2.24) is 20.4 Å². The Labute approximate surface area is 179 Å². The number of amides is 2. The van der Waals surface area contributed by atoms with E-state index in [9.17, 15) is 9.59 Å². The molecule has 0 radical (unpaired) electrons. The summed E-state index contributed by atoms with van der Waals surface area (Å²) in [7, 11) is 0. The molecule has 1 N–H and O–H groups in total. The Kier molecular flexibility index (Phi) is 5.00. The average Bonchev–Trinajstić information content (AvgIpc) is 3.38. The largest absolute Gasteiger partial charge is 0.361 e. The molecule has 2 bridgehead atoms. The summed E-state index contributed by atoms with van der Waals surface area (Å²) >= 11 is 1.64. The van der Waals surface area contributed by atoms with Crippen LogP contribution in [0.2, 0.25) is 0 Å². The minimum Gasteiger partial charge on any atom is -0.361 e. The molecule has 5 heterocycles. The van der Waals surface area contributed by atoms with Gasteiger partial charge in [0, 0.05) is 55.2 Å². The number of hydrogen-bond acceptors (Lipinski definition) is 7. The fourth-order valence-corrected chi connectivity index (χ4v) is 6.22. The van der Waals surface area contributed by atoms with E-state index in [0.29, 0.717) is 18.9 Å². The first-order valence-electron chi connectivity index (χ1n) is 10.7. The van der Waals surface area contributed by atoms with Crippen molar-refractivity contribution in [3.05, 3.63) is 28.6 Å². The molecule has 0 spiro atoms. The van der Waals surface area contributed by atoms with Gasteiger partial charge in [-0.3, -0.25) is 9.59 Å². The minimum atomic E-state index is -0.428. The standard InChI is InChI=1S/C21H27N5O3S/c1-12-16(13(2)29-24-12)9-23-20(28)19-15-8-14(17-4-3-5-18(27)26(17)19)10-25(11-15)21-22-6-7-30-21/h6-7,14-15,17,19H,3-5,8-11H2,1-2H3,(H,23,28)/t14-,15+,17+,19-/m1/s1. The molecule has 0 aliphatic carbocycles. The Bertz CT molecular complexity index is 923. The summed E-state index contributed by atoms with van der Waals surface area (Å²) in [4.78, 5) is 35.1. The van der Waals surface area contributed by atoms with Gasteiger partial charge in [-0.2, -0.15) is 0 Å². The third-order valence-corrected chi connectivity index (χ3v) is 7.75. The van der Waals surface area contributed by atoms with Crippen LogP contribution in [0, 0.1) is 25.7 Å². The van der Waals surface area contributed by atoms with Gasteiger partial charge in [-0.05, 0) is 39.0 Å². The van der Waals surface area contributed by atoms with Crippen LogP contribution in [0.1, 0.15) is 42.7 Å². The highest BCUT2D eigenvalue weighted by Gasteiger charge is 2.52. The van der Waals surface area contributed by atoms with Crippen molar-refractivity contribution < 1.29 is 14.1 Å². The van der Waals surface area contributed by atoms with Crippen LogP contribution in [-0.4, -0.2) is 52.0 Å². The Morgan fingerprint density at radius 2 is 2.17 bits per heavy atom. The summed E-state index contributed by atoms with van der Waals surface area (Å²) < 4.78 is 5.22. The summed E-state index contributed by atoms with van der Waals surface area (Å²) in [6.07, 6.45) is 5.24. The molecule has 9 heteroatoms. The van der Waals surface area contributed by atoms with Crippen LogP contribution in [-0.2, 0) is 16.1 Å². The van der Waals surface area contributed by atoms with Gasteiger partial charge in [0.25, 0.3) is 0 Å². The lowest BCUT2D eigenvalue weighted by Crippen LogP contribution is -2.68. The number of carbonyl (C=O) groups excluding carboxylic acids is 2. The summed E-state index contributed by atoms with van der Waals surface area (Å²) in [5, 5.41) is 10.0. The van der Waals surface area contributed by atoms with Crippen molar-refractivity contribution in [3.63, 3.8) is 0 Å². The number of anilines is 1. The predicted octanol–water partition coefficient (Wildman–Crippen LogP) is 2.27. The molecule has 3 aliphatic rings. The second-order valence-corrected chi connectivity index (χ2v) is 9.57. The molecule has 2 amide bonds. The third kappa shape index (κ3) is 3.29. The number of carbonyl (C=O) groups is 2. The Balaban J connectivity index is 1.40. The van der Waals surface area contributed by atoms with Crippen molar-refractivity contribution in [2.24, 2.45) is 11.8 Å². The number of rotatable bonds is 4. The van der Waals surface area contributed by atoms with Crippen LogP contribution in [0.25, 0.3) is 0 Å². The number of aryl methyl sites for hydroxylation is 2. The fourth-order valence-electron chi connectivity index (χ4n) is 5.56. The van der Waals surface area contributed by atoms with E-state index in [1.807, 2.05) is 30.3 Å². The van der Waals surface area contributed by atoms with Gasteiger partial charge in [0.15, 0.2) is 5.13 Å². The third-order valence-electron chi connectivity index (χ3n) is 6.92. The second-order valence-electron chi connectivity index (χ2n) is 8.70. The molecule has 3 saturated heterocycles. The molecule has 0 aromatic carbocycles. The number of nitrogens with one attached hydrogen (secondary N) is 1. The van der Waals surface area contributed by atoms with Crippen molar-refractivity contribution in [2.75, 3.05) is 18.0 Å². The van der Waals surface area contributed by atoms with Gasteiger partial charge in [-0.25, -0.2) is 4.98 Å². The molecule has 0 saturated carbocycles. The predicted molar refractivity (Wildman–Crippen MR) is 112 cm³/mol. The number of nitrogens with zero attached hydrogens (tertiary/aromatic N) is 4. The summed E-state index contributed by atoms with van der Waals surface area (Å²) in [6.45, 7) is 5.76. The molecule has 2 aromatic heterocycles. The first-order valence-corrected chi connectivity index (χ1v) is 11.6. The molecule has 3 fully saturated rings. The Morgan fingerprint density at radius 1 is 1.33 bits per heavy atom. The van der Waals surface area contributed by atoms with E-state index >= 15 is 0 Å². The molecular formula is C21H27N5O3S. The molecule has 4 atom stereocenters. The molecule has 5 rings (SSSR count). The van der Waals surface area contributed by atoms with Gasteiger partial charge in [0.1, 0.15) is 11.8 Å². The summed E-state index contributed by atoms with van der Waals surface area (Å²) in [6, 6.07) is -0.289. The highest BCUT2D eigenvalue weighted by Crippen LogP contribution is 2.43. The van der Waals surface area contributed by atoms with E-state index < -0.39 is 6.04 Å². The lowest BCUT2D eigenvalue weighted by molar-refractivity contribution is -0.156. The summed E-state index contributed by atoms with van der Waals surface area (Å²) in [5.74, 6) is 1.27. The summed E-state index contributed by atoms with van der Waals surface area (Å²) in [5.41, 5.74) is 1.70. The van der Waals surface area contributed by atoms with E-state index in [0.717, 1.165) is 54.5 Å². The fraction of sp³-hybridized carbons (Fsp3) is 0.619. The van der Waals surface area contributed by atoms with Crippen LogP contribution in [0.3, 0.4) is 0 Å². The van der Waals surface area contributed by atoms with Gasteiger partial charge >= 0.3 is 0 Å². The van der Waals surface area contributed by atoms with Crippen LogP contribution in [0.5, 0.6) is 0 Å². The number of thiazole rings is 1. The molecule has 3 aliphatic heterocycles. The molecular weight excluding hydrogens is 402 g/mol. The van der Waals surface area contributed by atoms with Gasteiger partial charge in [0.05, 0.1) is 5.69 Å². The zero-order valence-corrected chi connectivity index (χ0v) is 18.2. The average molecular weight is 430 g/mol. The number of hydrogen-bond donors (Lipinski definition) is 1. The monoisotopic (exact) mass is 429 g/mol. The first kappa shape index (κ1) is 19.5. The van der Waals surface area contributed by atoms with E-state index in [-0.39, 0.29) is 23.8 Å². The molecule has 30 heavy (non-hydrogen) atoms. The minimum absolute atomic E-state index is 0.0697. The van der Waals surface area contributed by atoms with Crippen molar-refractivity contribution in [2.45, 2.75) is 58.2 Å². The van der Waals surface area contributed by atoms with E-state index in [4.69, 9.17) is 4.52 Å². The maximum atomic E-state index is 13.4. The number of fused-ring (bicyclic) bond motifs is 4. The Morgan fingerprint density at radius 3 is 2.90 bits per heavy atom. The molecule has 160 valence electrons. The second kappa shape index (κ2) is 7.68. The topological polar surface area (TPSA) is 91.6 Å². The van der Waals surface area contributed by atoms with Crippen LogP contribution >= 0.6 is 11.3 Å². The van der Waals surface area contributed by atoms with Crippen LogP contribution in [0.15, 0.2) is 16.1 Å². The van der Waals surface area contributed by atoms with Gasteiger partial charge in [-0.1, -0.05) is 5.16 Å². The molecule has 0 unspecified atom stereocenters. The van der Waals surface area contributed by atoms with Crippen molar-refractivity contribution in [1.29, 1.82) is 0 Å². The Hall–Kier alpha value is -2.42.